The van der Waals surface area contributed by atoms with Gasteiger partial charge in [-0.25, -0.2) is 9.59 Å². The first kappa shape index (κ1) is 25.9. The van der Waals surface area contributed by atoms with Crippen molar-refractivity contribution in [2.75, 3.05) is 5.32 Å². The Balaban J connectivity index is 1.74. The number of carbonyl (C=O) groups excluding carboxylic acids is 1. The van der Waals surface area contributed by atoms with Crippen molar-refractivity contribution in [1.29, 1.82) is 0 Å². The Bertz CT molecular complexity index is 991. The number of carboxylic acids is 1. The van der Waals surface area contributed by atoms with Crippen LogP contribution in [0.1, 0.15) is 61.0 Å². The smallest absolute Gasteiger partial charge is 0.477 e. The lowest BCUT2D eigenvalue weighted by atomic mass is 9.71. The van der Waals surface area contributed by atoms with Crippen LogP contribution in [0.4, 0.5) is 23.7 Å². The molecule has 0 atom stereocenters. The van der Waals surface area contributed by atoms with Crippen LogP contribution >= 0.6 is 11.3 Å². The molecule has 1 fully saturated rings. The van der Waals surface area contributed by atoms with E-state index in [2.05, 4.69) is 30.8 Å². The number of aromatic carboxylic acids is 1. The standard InChI is InChI=1S/C24H29F3N2O4S/c1-23(2,3)15-4-8-17(9-5-15)29(14-19-12-13-20(34-19)21(30)31)22(32)28-16-6-10-18(11-7-16)33-24(25,26)27/h6-7,10-13,15,17H,4-5,8-9,14H2,1-3H3,(H,28,32)(H,30,31)/t15-,17-. The van der Waals surface area contributed by atoms with Crippen LogP contribution in [0.25, 0.3) is 0 Å². The van der Waals surface area contributed by atoms with Gasteiger partial charge in [0.25, 0.3) is 0 Å². The van der Waals surface area contributed by atoms with Gasteiger partial charge < -0.3 is 20.1 Å². The summed E-state index contributed by atoms with van der Waals surface area (Å²) in [6.45, 7) is 6.90. The highest BCUT2D eigenvalue weighted by molar-refractivity contribution is 7.13. The maximum Gasteiger partial charge on any atom is 0.573 e. The van der Waals surface area contributed by atoms with Gasteiger partial charge in [0.15, 0.2) is 0 Å². The summed E-state index contributed by atoms with van der Waals surface area (Å²) < 4.78 is 41.0. The molecule has 6 nitrogen and oxygen atoms in total. The molecule has 0 unspecified atom stereocenters. The van der Waals surface area contributed by atoms with Crippen LogP contribution in [0.5, 0.6) is 5.75 Å². The van der Waals surface area contributed by atoms with Crippen LogP contribution in [-0.4, -0.2) is 34.4 Å². The molecule has 0 bridgehead atoms. The molecule has 1 aliphatic rings. The Labute approximate surface area is 200 Å². The fraction of sp³-hybridized carbons (Fsp3) is 0.500. The fourth-order valence-corrected chi connectivity index (χ4v) is 5.15. The number of rotatable bonds is 6. The quantitative estimate of drug-likeness (QED) is 0.450. The van der Waals surface area contributed by atoms with Crippen molar-refractivity contribution in [3.8, 4) is 5.75 Å². The second-order valence-electron chi connectivity index (χ2n) is 9.57. The lowest BCUT2D eigenvalue weighted by molar-refractivity contribution is -0.274. The number of ether oxygens (including phenoxy) is 1. The molecule has 0 aliphatic heterocycles. The zero-order valence-corrected chi connectivity index (χ0v) is 20.1. The van der Waals surface area contributed by atoms with E-state index in [1.54, 1.807) is 11.0 Å². The number of amides is 2. The van der Waals surface area contributed by atoms with Gasteiger partial charge in [-0.15, -0.1) is 24.5 Å². The topological polar surface area (TPSA) is 78.9 Å². The average Bonchev–Trinajstić information content (AvgIpc) is 3.21. The molecule has 3 rings (SSSR count). The number of nitrogens with zero attached hydrogens (tertiary/aromatic N) is 1. The van der Waals surface area contributed by atoms with Crippen molar-refractivity contribution in [2.45, 2.75) is 65.4 Å². The number of benzene rings is 1. The van der Waals surface area contributed by atoms with Crippen LogP contribution < -0.4 is 10.1 Å². The Morgan fingerprint density at radius 1 is 1.06 bits per heavy atom. The number of thiophene rings is 1. The summed E-state index contributed by atoms with van der Waals surface area (Å²) in [7, 11) is 0. The summed E-state index contributed by atoms with van der Waals surface area (Å²) in [5.74, 6) is -0.836. The predicted octanol–water partition coefficient (Wildman–Crippen LogP) is 6.98. The van der Waals surface area contributed by atoms with Gasteiger partial charge in [-0.3, -0.25) is 0 Å². The van der Waals surface area contributed by atoms with Crippen LogP contribution in [0.2, 0.25) is 0 Å². The Hall–Kier alpha value is -2.75. The molecular formula is C24H29F3N2O4S. The van der Waals surface area contributed by atoms with E-state index in [9.17, 15) is 27.9 Å². The molecule has 10 heteroatoms. The Morgan fingerprint density at radius 2 is 1.68 bits per heavy atom. The van der Waals surface area contributed by atoms with Crippen molar-refractivity contribution < 1.29 is 32.6 Å². The zero-order chi connectivity index (χ0) is 25.1. The molecule has 2 N–H and O–H groups in total. The van der Waals surface area contributed by atoms with Crippen molar-refractivity contribution >= 4 is 29.0 Å². The normalized spacial score (nSPS) is 18.9. The van der Waals surface area contributed by atoms with E-state index in [1.807, 2.05) is 0 Å². The number of anilines is 1. The van der Waals surface area contributed by atoms with E-state index in [4.69, 9.17) is 0 Å². The maximum absolute atomic E-state index is 13.2. The predicted molar refractivity (Wildman–Crippen MR) is 124 cm³/mol. The Morgan fingerprint density at radius 3 is 2.18 bits per heavy atom. The summed E-state index contributed by atoms with van der Waals surface area (Å²) in [6.07, 6.45) is -1.18. The zero-order valence-electron chi connectivity index (χ0n) is 19.3. The van der Waals surface area contributed by atoms with Gasteiger partial charge in [-0.2, -0.15) is 0 Å². The van der Waals surface area contributed by atoms with Crippen molar-refractivity contribution in [1.82, 2.24) is 4.90 Å². The molecular weight excluding hydrogens is 469 g/mol. The van der Waals surface area contributed by atoms with Crippen LogP contribution in [-0.2, 0) is 6.54 Å². The molecule has 1 aliphatic carbocycles. The molecule has 2 amide bonds. The van der Waals surface area contributed by atoms with E-state index in [0.29, 0.717) is 11.6 Å². The molecule has 2 aromatic rings. The largest absolute Gasteiger partial charge is 0.573 e. The van der Waals surface area contributed by atoms with Crippen LogP contribution in [0.15, 0.2) is 36.4 Å². The second-order valence-corrected chi connectivity index (χ2v) is 10.7. The molecule has 0 spiro atoms. The van der Waals surface area contributed by atoms with E-state index >= 15 is 0 Å². The number of hydrogen-bond acceptors (Lipinski definition) is 4. The number of alkyl halides is 3. The van der Waals surface area contributed by atoms with Gasteiger partial charge in [0.2, 0.25) is 0 Å². The minimum Gasteiger partial charge on any atom is -0.477 e. The lowest BCUT2D eigenvalue weighted by Gasteiger charge is -2.41. The third kappa shape index (κ3) is 7.12. The fourth-order valence-electron chi connectivity index (χ4n) is 4.30. The highest BCUT2D eigenvalue weighted by atomic mass is 32.1. The van der Waals surface area contributed by atoms with Gasteiger partial charge in [-0.05, 0) is 73.4 Å². The number of carboxylic acid groups (broad SMARTS) is 1. The molecule has 1 aromatic heterocycles. The first-order chi connectivity index (χ1) is 15.8. The van der Waals surface area contributed by atoms with E-state index < -0.39 is 12.3 Å². The van der Waals surface area contributed by atoms with E-state index in [1.165, 1.54) is 18.2 Å². The molecule has 1 saturated carbocycles. The third-order valence-corrected chi connectivity index (χ3v) is 7.22. The molecule has 186 valence electrons. The van der Waals surface area contributed by atoms with Crippen molar-refractivity contribution in [3.05, 3.63) is 46.2 Å². The third-order valence-electron chi connectivity index (χ3n) is 6.16. The number of urea groups is 1. The summed E-state index contributed by atoms with van der Waals surface area (Å²) in [5, 5.41) is 12.0. The molecule has 34 heavy (non-hydrogen) atoms. The maximum atomic E-state index is 13.2. The average molecular weight is 499 g/mol. The highest BCUT2D eigenvalue weighted by Crippen LogP contribution is 2.39. The number of halogens is 3. The van der Waals surface area contributed by atoms with Crippen molar-refractivity contribution in [2.24, 2.45) is 11.3 Å². The summed E-state index contributed by atoms with van der Waals surface area (Å²) in [4.78, 5) is 27.2. The molecule has 0 saturated heterocycles. The Kier molecular flexibility index (Phi) is 7.80. The minimum absolute atomic E-state index is 0.0261. The first-order valence-corrected chi connectivity index (χ1v) is 11.9. The summed E-state index contributed by atoms with van der Waals surface area (Å²) in [6, 6.07) is 7.80. The van der Waals surface area contributed by atoms with Gasteiger partial charge in [-0.1, -0.05) is 20.8 Å². The lowest BCUT2D eigenvalue weighted by Crippen LogP contribution is -2.45. The molecule has 1 aromatic carbocycles. The van der Waals surface area contributed by atoms with Crippen molar-refractivity contribution in [3.63, 3.8) is 0 Å². The molecule has 0 radical (unpaired) electrons. The number of hydrogen-bond donors (Lipinski definition) is 2. The SMILES string of the molecule is CC(C)(C)[C@H]1CC[C@H](N(Cc2ccc(C(=O)O)s2)C(=O)Nc2ccc(OC(F)(F)F)cc2)CC1. The number of nitrogens with one attached hydrogen (secondary N) is 1. The minimum atomic E-state index is -4.79. The van der Waals surface area contributed by atoms with Gasteiger partial charge >= 0.3 is 18.4 Å². The van der Waals surface area contributed by atoms with Crippen LogP contribution in [0.3, 0.4) is 0 Å². The van der Waals surface area contributed by atoms with Gasteiger partial charge in [0.1, 0.15) is 10.6 Å². The van der Waals surface area contributed by atoms with E-state index in [0.717, 1.165) is 54.0 Å². The summed E-state index contributed by atoms with van der Waals surface area (Å²) in [5.41, 5.74) is 0.521. The van der Waals surface area contributed by atoms with Crippen LogP contribution in [0, 0.1) is 11.3 Å². The second kappa shape index (κ2) is 10.2. The highest BCUT2D eigenvalue weighted by Gasteiger charge is 2.34. The van der Waals surface area contributed by atoms with E-state index in [-0.39, 0.29) is 34.7 Å². The van der Waals surface area contributed by atoms with Gasteiger partial charge in [0.05, 0.1) is 6.54 Å². The monoisotopic (exact) mass is 498 g/mol. The van der Waals surface area contributed by atoms with Gasteiger partial charge in [0, 0.05) is 16.6 Å². The summed E-state index contributed by atoms with van der Waals surface area (Å²) >= 11 is 1.12. The number of carbonyl (C=O) groups is 2. The first-order valence-electron chi connectivity index (χ1n) is 11.1. The molecule has 1 heterocycles.